The first-order chi connectivity index (χ1) is 30.5. The summed E-state index contributed by atoms with van der Waals surface area (Å²) >= 11 is 0. The Morgan fingerprint density at radius 3 is 1.60 bits per heavy atom. The number of benzene rings is 8. The minimum absolute atomic E-state index is 0.0411. The molecule has 0 radical (unpaired) electrons. The second-order valence-electron chi connectivity index (χ2n) is 19.7. The van der Waals surface area contributed by atoms with Gasteiger partial charge >= 0.3 is 0 Å². The average Bonchev–Trinajstić information content (AvgIpc) is 3.74. The Bertz CT molecular complexity index is 2980. The van der Waals surface area contributed by atoms with Gasteiger partial charge in [-0.1, -0.05) is 153 Å². The third-order valence-electron chi connectivity index (χ3n) is 16.2. The summed E-state index contributed by atoms with van der Waals surface area (Å²) in [7, 11) is 0. The van der Waals surface area contributed by atoms with Crippen LogP contribution in [-0.2, 0) is 10.8 Å². The second-order valence-corrected chi connectivity index (χ2v) is 19.7. The van der Waals surface area contributed by atoms with Gasteiger partial charge in [0.1, 0.15) is 0 Å². The molecule has 0 unspecified atom stereocenters. The van der Waals surface area contributed by atoms with Crippen molar-refractivity contribution in [2.75, 3.05) is 4.90 Å². The van der Waals surface area contributed by atoms with Gasteiger partial charge in [0.05, 0.1) is 0 Å². The van der Waals surface area contributed by atoms with Crippen LogP contribution in [0.3, 0.4) is 0 Å². The van der Waals surface area contributed by atoms with E-state index in [-0.39, 0.29) is 10.8 Å². The predicted molar refractivity (Wildman–Crippen MR) is 258 cm³/mol. The SMILES string of the molecule is CC1(C)c2cc(-c3ccc4c(c3-c3cccc(-c5ccccc5)c3)C3(c5ccccc5-4)C4CC5CC(C4)CC3C5)ccc2-c2ccc(N(c3ccccc3)c3ccccc3)cc21. The summed E-state index contributed by atoms with van der Waals surface area (Å²) in [5.74, 6) is 3.14. The van der Waals surface area contributed by atoms with Crippen molar-refractivity contribution in [3.63, 3.8) is 0 Å². The van der Waals surface area contributed by atoms with Gasteiger partial charge in [0, 0.05) is 27.9 Å². The van der Waals surface area contributed by atoms with Crippen LogP contribution >= 0.6 is 0 Å². The predicted octanol–water partition coefficient (Wildman–Crippen LogP) is 16.2. The van der Waals surface area contributed by atoms with Crippen molar-refractivity contribution in [2.45, 2.75) is 56.8 Å². The molecule has 62 heavy (non-hydrogen) atoms. The fraction of sp³-hybridized carbons (Fsp3) is 0.213. The molecule has 8 aromatic rings. The van der Waals surface area contributed by atoms with E-state index < -0.39 is 0 Å². The molecule has 1 spiro atoms. The summed E-state index contributed by atoms with van der Waals surface area (Å²) in [5.41, 5.74) is 23.1. The summed E-state index contributed by atoms with van der Waals surface area (Å²) in [6.07, 6.45) is 6.93. The number of nitrogens with zero attached hydrogens (tertiary/aromatic N) is 1. The van der Waals surface area contributed by atoms with E-state index in [1.165, 1.54) is 105 Å². The molecule has 0 atom stereocenters. The molecule has 6 aliphatic carbocycles. The number of hydrogen-bond acceptors (Lipinski definition) is 1. The highest BCUT2D eigenvalue weighted by molar-refractivity contribution is 5.98. The fourth-order valence-corrected chi connectivity index (χ4v) is 13.9. The molecule has 0 amide bonds. The Morgan fingerprint density at radius 1 is 0.371 bits per heavy atom. The summed E-state index contributed by atoms with van der Waals surface area (Å²) in [4.78, 5) is 2.39. The second kappa shape index (κ2) is 13.5. The minimum Gasteiger partial charge on any atom is -0.310 e. The molecule has 6 aliphatic rings. The van der Waals surface area contributed by atoms with Crippen LogP contribution in [0.1, 0.15) is 68.2 Å². The van der Waals surface area contributed by atoms with Crippen molar-refractivity contribution in [1.82, 2.24) is 0 Å². The summed E-state index contributed by atoms with van der Waals surface area (Å²) in [6, 6.07) is 71.3. The highest BCUT2D eigenvalue weighted by Crippen LogP contribution is 2.71. The maximum atomic E-state index is 2.57. The van der Waals surface area contributed by atoms with Gasteiger partial charge in [0.15, 0.2) is 0 Å². The lowest BCUT2D eigenvalue weighted by molar-refractivity contribution is -0.0397. The van der Waals surface area contributed by atoms with E-state index in [0.717, 1.165) is 23.2 Å². The van der Waals surface area contributed by atoms with E-state index in [0.29, 0.717) is 11.8 Å². The lowest BCUT2D eigenvalue weighted by Gasteiger charge is -2.61. The van der Waals surface area contributed by atoms with Gasteiger partial charge in [-0.15, -0.1) is 0 Å². The molecule has 300 valence electrons. The van der Waals surface area contributed by atoms with E-state index >= 15 is 0 Å². The van der Waals surface area contributed by atoms with E-state index in [1.807, 2.05) is 0 Å². The Balaban J connectivity index is 1.01. The molecule has 1 heteroatoms. The lowest BCUT2D eigenvalue weighted by Crippen LogP contribution is -2.55. The van der Waals surface area contributed by atoms with E-state index in [1.54, 1.807) is 11.1 Å². The van der Waals surface area contributed by atoms with Gasteiger partial charge in [-0.05, 0) is 182 Å². The molecule has 0 saturated heterocycles. The van der Waals surface area contributed by atoms with Gasteiger partial charge in [0.2, 0.25) is 0 Å². The highest BCUT2D eigenvalue weighted by atomic mass is 15.1. The Labute approximate surface area is 366 Å². The number of anilines is 3. The molecule has 0 heterocycles. The van der Waals surface area contributed by atoms with Gasteiger partial charge in [0.25, 0.3) is 0 Å². The van der Waals surface area contributed by atoms with Crippen LogP contribution in [0.25, 0.3) is 55.6 Å². The molecule has 4 saturated carbocycles. The quantitative estimate of drug-likeness (QED) is 0.162. The molecular formula is C61H51N. The van der Waals surface area contributed by atoms with Gasteiger partial charge in [-0.25, -0.2) is 0 Å². The largest absolute Gasteiger partial charge is 0.310 e. The van der Waals surface area contributed by atoms with Crippen LogP contribution in [0.5, 0.6) is 0 Å². The maximum absolute atomic E-state index is 2.57. The third-order valence-corrected chi connectivity index (χ3v) is 16.2. The lowest BCUT2D eigenvalue weighted by atomic mass is 9.42. The number of rotatable bonds is 6. The number of hydrogen-bond donors (Lipinski definition) is 0. The summed E-state index contributed by atoms with van der Waals surface area (Å²) in [6.45, 7) is 4.88. The van der Waals surface area contributed by atoms with Crippen LogP contribution in [0.4, 0.5) is 17.1 Å². The topological polar surface area (TPSA) is 3.24 Å². The van der Waals surface area contributed by atoms with E-state index in [4.69, 9.17) is 0 Å². The summed E-state index contributed by atoms with van der Waals surface area (Å²) < 4.78 is 0. The minimum atomic E-state index is -0.196. The summed E-state index contributed by atoms with van der Waals surface area (Å²) in [5, 5.41) is 0. The fourth-order valence-electron chi connectivity index (χ4n) is 13.9. The first kappa shape index (κ1) is 36.2. The molecule has 8 aromatic carbocycles. The molecule has 4 fully saturated rings. The molecular weight excluding hydrogens is 747 g/mol. The first-order valence-corrected chi connectivity index (χ1v) is 23.1. The molecule has 0 aromatic heterocycles. The zero-order valence-electron chi connectivity index (χ0n) is 35.7. The van der Waals surface area contributed by atoms with E-state index in [2.05, 4.69) is 207 Å². The van der Waals surface area contributed by atoms with Gasteiger partial charge in [-0.3, -0.25) is 0 Å². The molecule has 0 N–H and O–H groups in total. The van der Waals surface area contributed by atoms with Crippen LogP contribution in [0.2, 0.25) is 0 Å². The zero-order valence-corrected chi connectivity index (χ0v) is 35.7. The standard InChI is InChI=1S/C61H51N/c1-60(2)56-37-43(25-27-52(56)53-28-26-49(38-57(53)60)62(47-19-8-4-9-20-47)48-21-10-5-11-22-48)50-29-30-54-51-23-12-13-24-55(51)61(45-32-39-31-40(34-45)35-46(61)33-39)59(54)58(50)44-18-14-17-42(36-44)41-15-6-3-7-16-41/h3-30,36-40,45-46H,31-35H2,1-2H3. The smallest absolute Gasteiger partial charge is 0.0465 e. The van der Waals surface area contributed by atoms with Crippen molar-refractivity contribution < 1.29 is 0 Å². The number of fused-ring (bicyclic) bond motifs is 6. The van der Waals surface area contributed by atoms with Crippen molar-refractivity contribution in [2.24, 2.45) is 23.7 Å². The average molecular weight is 798 g/mol. The van der Waals surface area contributed by atoms with Crippen LogP contribution < -0.4 is 4.90 Å². The van der Waals surface area contributed by atoms with Crippen molar-refractivity contribution >= 4 is 17.1 Å². The zero-order chi connectivity index (χ0) is 41.2. The first-order valence-electron chi connectivity index (χ1n) is 23.1. The van der Waals surface area contributed by atoms with Gasteiger partial charge in [-0.2, -0.15) is 0 Å². The van der Waals surface area contributed by atoms with Crippen molar-refractivity contribution in [1.29, 1.82) is 0 Å². The number of para-hydroxylation sites is 2. The van der Waals surface area contributed by atoms with Crippen LogP contribution in [0, 0.1) is 23.7 Å². The van der Waals surface area contributed by atoms with Crippen LogP contribution in [-0.4, -0.2) is 0 Å². The molecule has 0 aliphatic heterocycles. The normalized spacial score (nSPS) is 22.9. The molecule has 4 bridgehead atoms. The molecule has 14 rings (SSSR count). The van der Waals surface area contributed by atoms with Crippen molar-refractivity contribution in [3.05, 3.63) is 210 Å². The maximum Gasteiger partial charge on any atom is 0.0465 e. The Hall–Kier alpha value is -6.44. The van der Waals surface area contributed by atoms with E-state index in [9.17, 15) is 0 Å². The highest BCUT2D eigenvalue weighted by Gasteiger charge is 2.62. The van der Waals surface area contributed by atoms with Gasteiger partial charge < -0.3 is 4.90 Å². The van der Waals surface area contributed by atoms with Crippen LogP contribution in [0.15, 0.2) is 188 Å². The Morgan fingerprint density at radius 2 is 0.903 bits per heavy atom. The third kappa shape index (κ3) is 5.15. The Kier molecular flexibility index (Phi) is 7.91. The molecule has 1 nitrogen and oxygen atoms in total. The monoisotopic (exact) mass is 797 g/mol. The van der Waals surface area contributed by atoms with Crippen molar-refractivity contribution in [3.8, 4) is 55.6 Å².